The van der Waals surface area contributed by atoms with E-state index in [2.05, 4.69) is 4.98 Å². The number of alkyl halides is 3. The van der Waals surface area contributed by atoms with E-state index in [-0.39, 0.29) is 6.42 Å². The molecule has 2 rings (SSSR count). The molecule has 2 aromatic rings. The Morgan fingerprint density at radius 1 is 1.22 bits per heavy atom. The highest BCUT2D eigenvalue weighted by molar-refractivity contribution is 7.13. The molecule has 1 heterocycles. The van der Waals surface area contributed by atoms with E-state index in [4.69, 9.17) is 5.26 Å². The molecule has 1 aromatic carbocycles. The molecule has 0 bridgehead atoms. The van der Waals surface area contributed by atoms with Crippen molar-refractivity contribution in [3.63, 3.8) is 0 Å². The number of benzene rings is 1. The summed E-state index contributed by atoms with van der Waals surface area (Å²) < 4.78 is 37.2. The summed E-state index contributed by atoms with van der Waals surface area (Å²) in [5.74, 6) is 0. The van der Waals surface area contributed by atoms with E-state index >= 15 is 0 Å². The van der Waals surface area contributed by atoms with Gasteiger partial charge in [-0.05, 0) is 5.56 Å². The van der Waals surface area contributed by atoms with Crippen LogP contribution in [0.2, 0.25) is 0 Å². The highest BCUT2D eigenvalue weighted by atomic mass is 32.1. The zero-order chi connectivity index (χ0) is 13.2. The van der Waals surface area contributed by atoms with Gasteiger partial charge in [-0.3, -0.25) is 0 Å². The van der Waals surface area contributed by atoms with Gasteiger partial charge in [0.25, 0.3) is 0 Å². The van der Waals surface area contributed by atoms with Crippen LogP contribution in [0, 0.1) is 11.3 Å². The fourth-order valence-electron chi connectivity index (χ4n) is 1.39. The molecule has 0 aliphatic carbocycles. The highest BCUT2D eigenvalue weighted by Gasteiger charge is 2.33. The number of thiazole rings is 1. The quantitative estimate of drug-likeness (QED) is 0.828. The zero-order valence-corrected chi connectivity index (χ0v) is 9.85. The molecule has 0 atom stereocenters. The Balaban J connectivity index is 2.27. The molecule has 0 N–H and O–H groups in total. The van der Waals surface area contributed by atoms with Gasteiger partial charge in [0.15, 0.2) is 5.69 Å². The van der Waals surface area contributed by atoms with Crippen LogP contribution < -0.4 is 0 Å². The number of aromatic nitrogens is 1. The summed E-state index contributed by atoms with van der Waals surface area (Å²) in [6, 6.07) is 8.78. The van der Waals surface area contributed by atoms with Crippen LogP contribution in [0.15, 0.2) is 29.6 Å². The standard InChI is InChI=1S/C12H7F3N2S/c13-12(14,15)10-7-18-11(17-10)9-3-1-8(2-4-9)5-6-16/h1-4,7H,5H2. The van der Waals surface area contributed by atoms with Crippen molar-refractivity contribution in [2.24, 2.45) is 0 Å². The van der Waals surface area contributed by atoms with E-state index in [9.17, 15) is 13.2 Å². The van der Waals surface area contributed by atoms with Gasteiger partial charge < -0.3 is 0 Å². The van der Waals surface area contributed by atoms with Gasteiger partial charge in [0.2, 0.25) is 0 Å². The largest absolute Gasteiger partial charge is 0.434 e. The molecule has 0 aliphatic heterocycles. The van der Waals surface area contributed by atoms with E-state index in [1.54, 1.807) is 24.3 Å². The lowest BCUT2D eigenvalue weighted by Crippen LogP contribution is -2.04. The molecule has 18 heavy (non-hydrogen) atoms. The number of halogens is 3. The van der Waals surface area contributed by atoms with Crippen LogP contribution in [0.1, 0.15) is 11.3 Å². The van der Waals surface area contributed by atoms with Gasteiger partial charge in [-0.15, -0.1) is 11.3 Å². The van der Waals surface area contributed by atoms with Crippen molar-refractivity contribution in [2.45, 2.75) is 12.6 Å². The van der Waals surface area contributed by atoms with Crippen LogP contribution in [0.25, 0.3) is 10.6 Å². The Hall–Kier alpha value is -1.87. The second kappa shape index (κ2) is 4.78. The smallest absolute Gasteiger partial charge is 0.232 e. The van der Waals surface area contributed by atoms with Crippen LogP contribution in [0.3, 0.4) is 0 Å². The van der Waals surface area contributed by atoms with Crippen LogP contribution >= 0.6 is 11.3 Å². The maximum absolute atomic E-state index is 12.4. The molecular formula is C12H7F3N2S. The molecule has 0 saturated carbocycles. The molecular weight excluding hydrogens is 261 g/mol. The molecule has 0 aliphatic rings. The van der Waals surface area contributed by atoms with Gasteiger partial charge in [0, 0.05) is 10.9 Å². The number of nitriles is 1. The average Bonchev–Trinajstić information content (AvgIpc) is 2.79. The minimum atomic E-state index is -4.41. The summed E-state index contributed by atoms with van der Waals surface area (Å²) in [5.41, 5.74) is 0.578. The summed E-state index contributed by atoms with van der Waals surface area (Å²) in [4.78, 5) is 3.56. The molecule has 0 saturated heterocycles. The van der Waals surface area contributed by atoms with Crippen molar-refractivity contribution in [1.82, 2.24) is 4.98 Å². The third kappa shape index (κ3) is 2.68. The predicted octanol–water partition coefficient (Wildman–Crippen LogP) is 3.89. The minimum absolute atomic E-state index is 0.284. The topological polar surface area (TPSA) is 36.7 Å². The van der Waals surface area contributed by atoms with E-state index in [0.717, 1.165) is 22.3 Å². The van der Waals surface area contributed by atoms with Crippen molar-refractivity contribution in [1.29, 1.82) is 5.26 Å². The second-order valence-corrected chi connectivity index (χ2v) is 4.43. The third-order valence-electron chi connectivity index (χ3n) is 2.28. The Bertz CT molecular complexity index is 579. The summed E-state index contributed by atoms with van der Waals surface area (Å²) >= 11 is 0.953. The Labute approximate surface area is 105 Å². The molecule has 92 valence electrons. The average molecular weight is 268 g/mol. The first-order chi connectivity index (χ1) is 8.50. The van der Waals surface area contributed by atoms with Crippen LogP contribution in [0.5, 0.6) is 0 Å². The normalized spacial score (nSPS) is 11.2. The Morgan fingerprint density at radius 2 is 1.89 bits per heavy atom. The fraction of sp³-hybridized carbons (Fsp3) is 0.167. The third-order valence-corrected chi connectivity index (χ3v) is 3.17. The lowest BCUT2D eigenvalue weighted by molar-refractivity contribution is -0.140. The lowest BCUT2D eigenvalue weighted by atomic mass is 10.1. The van der Waals surface area contributed by atoms with E-state index < -0.39 is 11.9 Å². The van der Waals surface area contributed by atoms with Crippen molar-refractivity contribution < 1.29 is 13.2 Å². The second-order valence-electron chi connectivity index (χ2n) is 3.57. The molecule has 0 unspecified atom stereocenters. The summed E-state index contributed by atoms with van der Waals surface area (Å²) in [6.07, 6.45) is -4.12. The molecule has 6 heteroatoms. The summed E-state index contributed by atoms with van der Waals surface area (Å²) in [6.45, 7) is 0. The monoisotopic (exact) mass is 268 g/mol. The van der Waals surface area contributed by atoms with Gasteiger partial charge in [-0.2, -0.15) is 18.4 Å². The molecule has 0 amide bonds. The van der Waals surface area contributed by atoms with Gasteiger partial charge in [-0.1, -0.05) is 24.3 Å². The Morgan fingerprint density at radius 3 is 2.39 bits per heavy atom. The van der Waals surface area contributed by atoms with E-state index in [1.807, 2.05) is 6.07 Å². The summed E-state index contributed by atoms with van der Waals surface area (Å²) in [5, 5.41) is 9.84. The number of hydrogen-bond donors (Lipinski definition) is 0. The lowest BCUT2D eigenvalue weighted by Gasteiger charge is -2.00. The van der Waals surface area contributed by atoms with Gasteiger partial charge in [-0.25, -0.2) is 4.98 Å². The van der Waals surface area contributed by atoms with Crippen LogP contribution in [-0.2, 0) is 12.6 Å². The molecule has 2 nitrogen and oxygen atoms in total. The highest BCUT2D eigenvalue weighted by Crippen LogP contribution is 2.33. The SMILES string of the molecule is N#CCc1ccc(-c2nc(C(F)(F)F)cs2)cc1. The summed E-state index contributed by atoms with van der Waals surface area (Å²) in [7, 11) is 0. The predicted molar refractivity (Wildman–Crippen MR) is 61.9 cm³/mol. The van der Waals surface area contributed by atoms with Crippen LogP contribution in [-0.4, -0.2) is 4.98 Å². The van der Waals surface area contributed by atoms with Crippen molar-refractivity contribution in [3.8, 4) is 16.6 Å². The molecule has 0 spiro atoms. The van der Waals surface area contributed by atoms with Crippen molar-refractivity contribution in [3.05, 3.63) is 40.9 Å². The van der Waals surface area contributed by atoms with E-state index in [1.165, 1.54) is 0 Å². The van der Waals surface area contributed by atoms with E-state index in [0.29, 0.717) is 10.6 Å². The number of hydrogen-bond acceptors (Lipinski definition) is 3. The van der Waals surface area contributed by atoms with Crippen LogP contribution in [0.4, 0.5) is 13.2 Å². The van der Waals surface area contributed by atoms with Crippen molar-refractivity contribution >= 4 is 11.3 Å². The van der Waals surface area contributed by atoms with Crippen molar-refractivity contribution in [2.75, 3.05) is 0 Å². The van der Waals surface area contributed by atoms with Gasteiger partial charge in [0.05, 0.1) is 12.5 Å². The maximum Gasteiger partial charge on any atom is 0.434 e. The molecule has 0 radical (unpaired) electrons. The van der Waals surface area contributed by atoms with Gasteiger partial charge >= 0.3 is 6.18 Å². The molecule has 1 aromatic heterocycles. The zero-order valence-electron chi connectivity index (χ0n) is 9.03. The maximum atomic E-state index is 12.4. The Kier molecular flexibility index (Phi) is 3.34. The molecule has 0 fully saturated rings. The first kappa shape index (κ1) is 12.6. The van der Waals surface area contributed by atoms with Gasteiger partial charge in [0.1, 0.15) is 5.01 Å². The first-order valence-corrected chi connectivity index (χ1v) is 5.87. The first-order valence-electron chi connectivity index (χ1n) is 4.99. The number of nitrogens with zero attached hydrogens (tertiary/aromatic N) is 2. The minimum Gasteiger partial charge on any atom is -0.232 e. The number of rotatable bonds is 2. The fourth-order valence-corrected chi connectivity index (χ4v) is 2.23.